The van der Waals surface area contributed by atoms with E-state index >= 15 is 0 Å². The smallest absolute Gasteiger partial charge is 0.332 e. The molecule has 6 rings (SSSR count). The van der Waals surface area contributed by atoms with Crippen LogP contribution in [0.3, 0.4) is 0 Å². The molecule has 3 amide bonds. The van der Waals surface area contributed by atoms with Gasteiger partial charge in [0.05, 0.1) is 33.1 Å². The number of aromatic nitrogens is 2. The summed E-state index contributed by atoms with van der Waals surface area (Å²) in [4.78, 5) is 54.3. The number of esters is 1. The van der Waals surface area contributed by atoms with E-state index in [1.807, 2.05) is 60.7 Å². The minimum Gasteiger partial charge on any atom is -0.497 e. The van der Waals surface area contributed by atoms with Gasteiger partial charge in [0.1, 0.15) is 23.4 Å². The number of nitrogens with one attached hydrogen (secondary N) is 1. The molecule has 12 heteroatoms. The number of carbonyl (C=O) groups is 3. The van der Waals surface area contributed by atoms with Crippen molar-refractivity contribution < 1.29 is 33.3 Å². The van der Waals surface area contributed by atoms with Gasteiger partial charge in [0.15, 0.2) is 0 Å². The van der Waals surface area contributed by atoms with Gasteiger partial charge in [-0.2, -0.15) is 9.97 Å². The zero-order valence-electron chi connectivity index (χ0n) is 28.9. The maximum absolute atomic E-state index is 14.5. The van der Waals surface area contributed by atoms with E-state index in [-0.39, 0.29) is 43.4 Å². The summed E-state index contributed by atoms with van der Waals surface area (Å²) in [5.74, 6) is -0.0600. The molecule has 2 aromatic carbocycles. The van der Waals surface area contributed by atoms with Crippen LogP contribution in [0.15, 0.2) is 72.8 Å². The number of fused-ring (bicyclic) bond motifs is 2. The molecule has 2 fully saturated rings. The number of carbonyl (C=O) groups excluding carboxylic acids is 3. The molecule has 3 aliphatic rings. The number of urea groups is 1. The highest BCUT2D eigenvalue weighted by molar-refractivity contribution is 5.95. The van der Waals surface area contributed by atoms with Crippen molar-refractivity contribution in [1.82, 2.24) is 25.1 Å². The topological polar surface area (TPSA) is 132 Å². The Morgan fingerprint density at radius 3 is 2.54 bits per heavy atom. The minimum atomic E-state index is -1.16. The SMILES string of the molecule is CCOC(=O)C12CC1/C=C/CCCCCN(Cc1ccc(OC)cc1)C(=O)N1CC(Oc3cc(-c4ccccc4)nc(OC)n3)CC1C(=O)N2. The second-order valence-electron chi connectivity index (χ2n) is 12.9. The van der Waals surface area contributed by atoms with Crippen LogP contribution in [-0.4, -0.2) is 89.3 Å². The van der Waals surface area contributed by atoms with Gasteiger partial charge in [-0.05, 0) is 50.3 Å². The Morgan fingerprint density at radius 1 is 1.00 bits per heavy atom. The van der Waals surface area contributed by atoms with Crippen molar-refractivity contribution in [3.63, 3.8) is 0 Å². The Labute approximate surface area is 292 Å². The zero-order valence-corrected chi connectivity index (χ0v) is 28.9. The summed E-state index contributed by atoms with van der Waals surface area (Å²) in [5, 5.41) is 3.03. The minimum absolute atomic E-state index is 0.137. The molecule has 0 radical (unpaired) electrons. The van der Waals surface area contributed by atoms with E-state index in [2.05, 4.69) is 21.4 Å². The molecule has 2 aliphatic heterocycles. The number of methoxy groups -OCH3 is 2. The first kappa shape index (κ1) is 34.7. The molecule has 4 atom stereocenters. The van der Waals surface area contributed by atoms with Crippen LogP contribution < -0.4 is 19.5 Å². The zero-order chi connectivity index (χ0) is 35.1. The van der Waals surface area contributed by atoms with Gasteiger partial charge in [-0.3, -0.25) is 4.79 Å². The molecular weight excluding hydrogens is 638 g/mol. The van der Waals surface area contributed by atoms with Crippen LogP contribution in [0, 0.1) is 5.92 Å². The standard InChI is InChI=1S/C38H45N5O7/c1-4-49-35(45)38-23-28(38)15-11-6-5-7-12-20-42(24-26-16-18-29(47-2)19-17-26)37(46)43-25-30(21-32(43)34(44)41-38)50-33-22-31(39-36(40-33)48-3)27-13-9-8-10-14-27/h8-11,13-19,22,28,30,32H,4-7,12,20-21,23-25H2,1-3H3,(H,41,44)/b15-11+. The first-order chi connectivity index (χ1) is 24.3. The number of allylic oxidation sites excluding steroid dienone is 1. The van der Waals surface area contributed by atoms with Crippen molar-refractivity contribution in [3.05, 3.63) is 78.4 Å². The summed E-state index contributed by atoms with van der Waals surface area (Å²) in [6.45, 7) is 2.96. The highest BCUT2D eigenvalue weighted by Crippen LogP contribution is 2.46. The summed E-state index contributed by atoms with van der Waals surface area (Å²) in [7, 11) is 3.10. The van der Waals surface area contributed by atoms with Crippen LogP contribution >= 0.6 is 0 Å². The van der Waals surface area contributed by atoms with Crippen molar-refractivity contribution >= 4 is 17.9 Å². The molecule has 3 heterocycles. The Hall–Kier alpha value is -5.13. The number of hydrogen-bond acceptors (Lipinski definition) is 9. The van der Waals surface area contributed by atoms with Crippen LogP contribution in [0.1, 0.15) is 51.0 Å². The van der Waals surface area contributed by atoms with E-state index in [1.54, 1.807) is 29.9 Å². The molecule has 1 aliphatic carbocycles. The Kier molecular flexibility index (Phi) is 10.8. The number of hydrogen-bond donors (Lipinski definition) is 1. The molecule has 0 bridgehead atoms. The van der Waals surface area contributed by atoms with E-state index in [4.69, 9.17) is 18.9 Å². The molecule has 4 unspecified atom stereocenters. The Morgan fingerprint density at radius 2 is 1.80 bits per heavy atom. The lowest BCUT2D eigenvalue weighted by Gasteiger charge is -2.32. The largest absolute Gasteiger partial charge is 0.497 e. The highest BCUT2D eigenvalue weighted by Gasteiger charge is 2.62. The second kappa shape index (κ2) is 15.6. The molecule has 3 aromatic rings. The average molecular weight is 684 g/mol. The first-order valence-corrected chi connectivity index (χ1v) is 17.3. The fourth-order valence-electron chi connectivity index (χ4n) is 6.72. The molecule has 1 N–H and O–H groups in total. The highest BCUT2D eigenvalue weighted by atomic mass is 16.5. The molecule has 1 aromatic heterocycles. The normalized spacial score (nSPS) is 24.5. The summed E-state index contributed by atoms with van der Waals surface area (Å²) >= 11 is 0. The quantitative estimate of drug-likeness (QED) is 0.240. The number of rotatable bonds is 9. The predicted octanol–water partition coefficient (Wildman–Crippen LogP) is 5.17. The molecule has 12 nitrogen and oxygen atoms in total. The Balaban J connectivity index is 1.31. The Bertz CT molecular complexity index is 1680. The fraction of sp³-hybridized carbons (Fsp3) is 0.447. The van der Waals surface area contributed by atoms with Gasteiger partial charge in [0, 0.05) is 37.1 Å². The lowest BCUT2D eigenvalue weighted by Crippen LogP contribution is -2.55. The molecular formula is C38H45N5O7. The van der Waals surface area contributed by atoms with Gasteiger partial charge < -0.3 is 34.1 Å². The molecule has 1 saturated heterocycles. The summed E-state index contributed by atoms with van der Waals surface area (Å²) < 4.78 is 22.6. The van der Waals surface area contributed by atoms with Gasteiger partial charge >= 0.3 is 18.0 Å². The number of nitrogens with zero attached hydrogens (tertiary/aromatic N) is 4. The van der Waals surface area contributed by atoms with Gasteiger partial charge in [0.25, 0.3) is 0 Å². The third-order valence-corrected chi connectivity index (χ3v) is 9.50. The van der Waals surface area contributed by atoms with Crippen LogP contribution in [0.25, 0.3) is 11.3 Å². The maximum Gasteiger partial charge on any atom is 0.332 e. The van der Waals surface area contributed by atoms with Crippen LogP contribution in [0.4, 0.5) is 4.79 Å². The van der Waals surface area contributed by atoms with E-state index in [0.717, 1.165) is 42.6 Å². The molecule has 264 valence electrons. The van der Waals surface area contributed by atoms with E-state index in [0.29, 0.717) is 25.2 Å². The van der Waals surface area contributed by atoms with Crippen LogP contribution in [0.5, 0.6) is 17.6 Å². The van der Waals surface area contributed by atoms with Gasteiger partial charge in [-0.1, -0.05) is 61.0 Å². The molecule has 1 saturated carbocycles. The predicted molar refractivity (Wildman–Crippen MR) is 186 cm³/mol. The maximum atomic E-state index is 14.5. The lowest BCUT2D eigenvalue weighted by atomic mass is 10.1. The third kappa shape index (κ3) is 7.85. The first-order valence-electron chi connectivity index (χ1n) is 17.3. The van der Waals surface area contributed by atoms with E-state index in [9.17, 15) is 14.4 Å². The van der Waals surface area contributed by atoms with Gasteiger partial charge in [0.2, 0.25) is 11.8 Å². The van der Waals surface area contributed by atoms with Crippen molar-refractivity contribution in [2.45, 2.75) is 69.7 Å². The molecule has 0 spiro atoms. The lowest BCUT2D eigenvalue weighted by molar-refractivity contribution is -0.149. The number of benzene rings is 2. The van der Waals surface area contributed by atoms with E-state index < -0.39 is 29.6 Å². The average Bonchev–Trinajstić information content (AvgIpc) is 3.67. The second-order valence-corrected chi connectivity index (χ2v) is 12.9. The number of ether oxygens (including phenoxy) is 4. The van der Waals surface area contributed by atoms with E-state index in [1.165, 1.54) is 7.11 Å². The van der Waals surface area contributed by atoms with Gasteiger partial charge in [-0.25, -0.2) is 9.59 Å². The summed E-state index contributed by atoms with van der Waals surface area (Å²) in [6.07, 6.45) is 7.70. The van der Waals surface area contributed by atoms with Gasteiger partial charge in [-0.15, -0.1) is 0 Å². The van der Waals surface area contributed by atoms with Crippen molar-refractivity contribution in [3.8, 4) is 28.9 Å². The monoisotopic (exact) mass is 683 g/mol. The fourth-order valence-corrected chi connectivity index (χ4v) is 6.72. The van der Waals surface area contributed by atoms with Crippen molar-refractivity contribution in [1.29, 1.82) is 0 Å². The molecule has 50 heavy (non-hydrogen) atoms. The van der Waals surface area contributed by atoms with Crippen molar-refractivity contribution in [2.75, 3.05) is 33.9 Å². The van der Waals surface area contributed by atoms with Crippen LogP contribution in [0.2, 0.25) is 0 Å². The number of amides is 3. The van der Waals surface area contributed by atoms with Crippen molar-refractivity contribution in [2.24, 2.45) is 5.92 Å². The summed E-state index contributed by atoms with van der Waals surface area (Å²) in [5.41, 5.74) is 1.25. The third-order valence-electron chi connectivity index (χ3n) is 9.50. The summed E-state index contributed by atoms with van der Waals surface area (Å²) in [6, 6.07) is 17.9. The van der Waals surface area contributed by atoms with Crippen LogP contribution in [-0.2, 0) is 20.9 Å².